The maximum Gasteiger partial charge on any atom is 0.205 e. The second-order valence-electron chi connectivity index (χ2n) is 5.58. The second kappa shape index (κ2) is 4.92. The SMILES string of the molecule is Cc1ccc([C@H]2C(C#N)=C(N)Oc3c2ccc2ccccc32)o1. The van der Waals surface area contributed by atoms with Crippen LogP contribution < -0.4 is 10.5 Å². The Morgan fingerprint density at radius 3 is 2.65 bits per heavy atom. The summed E-state index contributed by atoms with van der Waals surface area (Å²) in [5.41, 5.74) is 7.29. The summed E-state index contributed by atoms with van der Waals surface area (Å²) in [7, 11) is 0. The molecule has 3 aromatic rings. The average molecular weight is 302 g/mol. The van der Waals surface area contributed by atoms with Crippen molar-refractivity contribution in [3.8, 4) is 11.8 Å². The molecule has 0 bridgehead atoms. The largest absolute Gasteiger partial charge is 0.465 e. The molecule has 0 unspecified atom stereocenters. The first-order valence-electron chi connectivity index (χ1n) is 7.34. The monoisotopic (exact) mass is 302 g/mol. The fraction of sp³-hybridized carbons (Fsp3) is 0.105. The highest BCUT2D eigenvalue weighted by Gasteiger charge is 2.33. The van der Waals surface area contributed by atoms with Gasteiger partial charge in [0, 0.05) is 10.9 Å². The Morgan fingerprint density at radius 2 is 1.91 bits per heavy atom. The van der Waals surface area contributed by atoms with Gasteiger partial charge in [-0.2, -0.15) is 5.26 Å². The lowest BCUT2D eigenvalue weighted by atomic mass is 9.86. The average Bonchev–Trinajstić information content (AvgIpc) is 2.99. The van der Waals surface area contributed by atoms with Crippen LogP contribution in [0.3, 0.4) is 0 Å². The minimum Gasteiger partial charge on any atom is -0.465 e. The Labute approximate surface area is 133 Å². The van der Waals surface area contributed by atoms with Crippen molar-refractivity contribution in [1.29, 1.82) is 5.26 Å². The van der Waals surface area contributed by atoms with Crippen LogP contribution in [0.1, 0.15) is 23.0 Å². The normalized spacial score (nSPS) is 16.8. The molecule has 4 heteroatoms. The van der Waals surface area contributed by atoms with E-state index < -0.39 is 0 Å². The number of furan rings is 1. The van der Waals surface area contributed by atoms with Crippen LogP contribution in [-0.4, -0.2) is 0 Å². The third-order valence-corrected chi connectivity index (χ3v) is 4.15. The van der Waals surface area contributed by atoms with Crippen LogP contribution in [-0.2, 0) is 0 Å². The number of fused-ring (bicyclic) bond motifs is 3. The van der Waals surface area contributed by atoms with E-state index >= 15 is 0 Å². The Kier molecular flexibility index (Phi) is 2.88. The highest BCUT2D eigenvalue weighted by molar-refractivity contribution is 5.90. The van der Waals surface area contributed by atoms with E-state index in [0.717, 1.165) is 22.1 Å². The predicted octanol–water partition coefficient (Wildman–Crippen LogP) is 3.96. The molecule has 0 saturated heterocycles. The molecule has 2 aromatic carbocycles. The lowest BCUT2D eigenvalue weighted by molar-refractivity contribution is 0.386. The van der Waals surface area contributed by atoms with Gasteiger partial charge >= 0.3 is 0 Å². The Hall–Kier alpha value is -3.19. The van der Waals surface area contributed by atoms with E-state index in [4.69, 9.17) is 14.9 Å². The van der Waals surface area contributed by atoms with Crippen LogP contribution in [0.5, 0.6) is 5.75 Å². The van der Waals surface area contributed by atoms with Gasteiger partial charge in [-0.3, -0.25) is 0 Å². The zero-order valence-corrected chi connectivity index (χ0v) is 12.5. The minimum absolute atomic E-state index is 0.135. The molecule has 2 N–H and O–H groups in total. The van der Waals surface area contributed by atoms with Crippen molar-refractivity contribution < 1.29 is 9.15 Å². The van der Waals surface area contributed by atoms with Gasteiger partial charge in [0.2, 0.25) is 5.88 Å². The van der Waals surface area contributed by atoms with Crippen LogP contribution in [0.15, 0.2) is 64.4 Å². The molecule has 112 valence electrons. The third kappa shape index (κ3) is 1.98. The number of ether oxygens (including phenoxy) is 1. The summed E-state index contributed by atoms with van der Waals surface area (Å²) < 4.78 is 11.6. The molecule has 0 saturated carbocycles. The first kappa shape index (κ1) is 13.5. The lowest BCUT2D eigenvalue weighted by Gasteiger charge is -2.25. The summed E-state index contributed by atoms with van der Waals surface area (Å²) in [6.45, 7) is 1.88. The van der Waals surface area contributed by atoms with Crippen molar-refractivity contribution in [2.75, 3.05) is 0 Å². The summed E-state index contributed by atoms with van der Waals surface area (Å²) in [4.78, 5) is 0. The number of hydrogen-bond donors (Lipinski definition) is 1. The highest BCUT2D eigenvalue weighted by Crippen LogP contribution is 2.45. The molecule has 0 fully saturated rings. The van der Waals surface area contributed by atoms with E-state index in [0.29, 0.717) is 17.1 Å². The molecule has 23 heavy (non-hydrogen) atoms. The van der Waals surface area contributed by atoms with E-state index in [9.17, 15) is 5.26 Å². The van der Waals surface area contributed by atoms with E-state index in [1.165, 1.54) is 0 Å². The molecule has 1 aromatic heterocycles. The molecule has 0 spiro atoms. The summed E-state index contributed by atoms with van der Waals surface area (Å²) >= 11 is 0. The summed E-state index contributed by atoms with van der Waals surface area (Å²) in [5.74, 6) is 1.97. The molecule has 4 nitrogen and oxygen atoms in total. The second-order valence-corrected chi connectivity index (χ2v) is 5.58. The van der Waals surface area contributed by atoms with E-state index in [1.54, 1.807) is 0 Å². The lowest BCUT2D eigenvalue weighted by Crippen LogP contribution is -2.21. The first-order valence-corrected chi connectivity index (χ1v) is 7.34. The van der Waals surface area contributed by atoms with Gasteiger partial charge in [0.1, 0.15) is 28.9 Å². The highest BCUT2D eigenvalue weighted by atomic mass is 16.5. The van der Waals surface area contributed by atoms with Crippen molar-refractivity contribution in [3.63, 3.8) is 0 Å². The maximum atomic E-state index is 9.53. The van der Waals surface area contributed by atoms with Gasteiger partial charge in [0.05, 0.1) is 5.92 Å². The summed E-state index contributed by atoms with van der Waals surface area (Å²) in [6.07, 6.45) is 0. The van der Waals surface area contributed by atoms with Crippen molar-refractivity contribution in [3.05, 3.63) is 77.1 Å². The first-order chi connectivity index (χ1) is 11.2. The van der Waals surface area contributed by atoms with Gasteiger partial charge in [0.15, 0.2) is 0 Å². The molecule has 0 radical (unpaired) electrons. The van der Waals surface area contributed by atoms with Crippen molar-refractivity contribution in [2.45, 2.75) is 12.8 Å². The zero-order chi connectivity index (χ0) is 16.0. The summed E-state index contributed by atoms with van der Waals surface area (Å²) in [5, 5.41) is 11.6. The van der Waals surface area contributed by atoms with Crippen LogP contribution in [0.2, 0.25) is 0 Å². The van der Waals surface area contributed by atoms with E-state index in [-0.39, 0.29) is 11.8 Å². The van der Waals surface area contributed by atoms with Gasteiger partial charge in [-0.15, -0.1) is 0 Å². The van der Waals surface area contributed by atoms with Crippen LogP contribution in [0.4, 0.5) is 0 Å². The number of aryl methyl sites for hydroxylation is 1. The number of hydrogen-bond acceptors (Lipinski definition) is 4. The molecule has 2 heterocycles. The zero-order valence-electron chi connectivity index (χ0n) is 12.5. The predicted molar refractivity (Wildman–Crippen MR) is 86.7 cm³/mol. The van der Waals surface area contributed by atoms with Gasteiger partial charge in [-0.25, -0.2) is 0 Å². The minimum atomic E-state index is -0.345. The smallest absolute Gasteiger partial charge is 0.205 e. The Bertz CT molecular complexity index is 992. The van der Waals surface area contributed by atoms with Crippen LogP contribution >= 0.6 is 0 Å². The topological polar surface area (TPSA) is 72.2 Å². The molecule has 1 aliphatic rings. The molecular weight excluding hydrogens is 288 g/mol. The van der Waals surface area contributed by atoms with Crippen molar-refractivity contribution in [1.82, 2.24) is 0 Å². The number of rotatable bonds is 1. The Morgan fingerprint density at radius 1 is 1.09 bits per heavy atom. The molecular formula is C19H14N2O2. The molecule has 4 rings (SSSR count). The molecule has 1 atom stereocenters. The quantitative estimate of drug-likeness (QED) is 0.738. The van der Waals surface area contributed by atoms with Crippen molar-refractivity contribution in [2.24, 2.45) is 5.73 Å². The van der Waals surface area contributed by atoms with E-state index in [1.807, 2.05) is 55.5 Å². The molecule has 0 amide bonds. The molecule has 0 aliphatic carbocycles. The Balaban J connectivity index is 2.02. The van der Waals surface area contributed by atoms with Crippen LogP contribution in [0, 0.1) is 18.3 Å². The van der Waals surface area contributed by atoms with Gasteiger partial charge in [0.25, 0.3) is 0 Å². The fourth-order valence-corrected chi connectivity index (χ4v) is 3.09. The number of nitriles is 1. The van der Waals surface area contributed by atoms with Gasteiger partial charge < -0.3 is 14.9 Å². The standard InChI is InChI=1S/C19H14N2O2/c1-11-6-9-16(22-11)17-14-8-7-12-4-2-3-5-13(12)18(14)23-19(21)15(17)10-20/h2-9,17H,21H2,1H3/t17-/m1/s1. The maximum absolute atomic E-state index is 9.53. The van der Waals surface area contributed by atoms with Crippen LogP contribution in [0.25, 0.3) is 10.8 Å². The van der Waals surface area contributed by atoms with Crippen molar-refractivity contribution >= 4 is 10.8 Å². The number of allylic oxidation sites excluding steroid dienone is 1. The van der Waals surface area contributed by atoms with Gasteiger partial charge in [-0.1, -0.05) is 36.4 Å². The fourth-order valence-electron chi connectivity index (χ4n) is 3.09. The third-order valence-electron chi connectivity index (χ3n) is 4.15. The summed E-state index contributed by atoms with van der Waals surface area (Å²) in [6, 6.07) is 17.9. The number of benzene rings is 2. The molecule has 1 aliphatic heterocycles. The number of nitrogens with two attached hydrogens (primary N) is 1. The van der Waals surface area contributed by atoms with E-state index in [2.05, 4.69) is 6.07 Å². The van der Waals surface area contributed by atoms with Gasteiger partial charge in [-0.05, 0) is 24.4 Å². The number of nitrogens with zero attached hydrogens (tertiary/aromatic N) is 1.